The van der Waals surface area contributed by atoms with Gasteiger partial charge in [0.05, 0.1) is 34.8 Å². The molecule has 2 N–H and O–H groups in total. The van der Waals surface area contributed by atoms with E-state index in [0.29, 0.717) is 29.7 Å². The SMILES string of the molecule is O=C(Cc1ccc(-n2cncn2)cc1)N[C@@H]1CNCCO[C@H]1c1ccc(Cl)c(Cl)c1. The molecule has 3 aromatic rings. The molecule has 1 aliphatic rings. The first kappa shape index (κ1) is 20.8. The Kier molecular flexibility index (Phi) is 6.64. The lowest BCUT2D eigenvalue weighted by molar-refractivity contribution is -0.122. The number of carbonyl (C=O) groups excluding carboxylic acids is 1. The van der Waals surface area contributed by atoms with Gasteiger partial charge in [0.15, 0.2) is 0 Å². The number of nitrogens with zero attached hydrogens (tertiary/aromatic N) is 3. The number of carbonyl (C=O) groups is 1. The van der Waals surface area contributed by atoms with E-state index in [1.54, 1.807) is 23.1 Å². The molecule has 1 amide bonds. The van der Waals surface area contributed by atoms with Gasteiger partial charge in [-0.05, 0) is 35.4 Å². The first-order chi connectivity index (χ1) is 14.6. The molecule has 2 aromatic carbocycles. The predicted molar refractivity (Wildman–Crippen MR) is 115 cm³/mol. The van der Waals surface area contributed by atoms with Crippen LogP contribution in [0.3, 0.4) is 0 Å². The van der Waals surface area contributed by atoms with Crippen LogP contribution < -0.4 is 10.6 Å². The Balaban J connectivity index is 1.44. The molecule has 0 radical (unpaired) electrons. The van der Waals surface area contributed by atoms with Crippen LogP contribution in [0.5, 0.6) is 0 Å². The highest BCUT2D eigenvalue weighted by Crippen LogP contribution is 2.29. The van der Waals surface area contributed by atoms with Gasteiger partial charge in [-0.3, -0.25) is 4.79 Å². The highest BCUT2D eigenvalue weighted by atomic mass is 35.5. The third kappa shape index (κ3) is 4.99. The van der Waals surface area contributed by atoms with Gasteiger partial charge >= 0.3 is 0 Å². The largest absolute Gasteiger partial charge is 0.370 e. The van der Waals surface area contributed by atoms with Crippen LogP contribution in [-0.2, 0) is 16.0 Å². The summed E-state index contributed by atoms with van der Waals surface area (Å²) in [4.78, 5) is 16.7. The third-order valence-electron chi connectivity index (χ3n) is 4.91. The molecule has 156 valence electrons. The molecule has 7 nitrogen and oxygen atoms in total. The minimum Gasteiger partial charge on any atom is -0.370 e. The monoisotopic (exact) mass is 445 g/mol. The van der Waals surface area contributed by atoms with Crippen molar-refractivity contribution >= 4 is 29.1 Å². The Bertz CT molecular complexity index is 995. The maximum atomic E-state index is 12.7. The summed E-state index contributed by atoms with van der Waals surface area (Å²) >= 11 is 12.2. The number of nitrogens with one attached hydrogen (secondary N) is 2. The molecule has 1 saturated heterocycles. The number of rotatable bonds is 5. The summed E-state index contributed by atoms with van der Waals surface area (Å²) in [6, 6.07) is 12.8. The standard InChI is InChI=1S/C21H21Cl2N5O2/c22-17-6-3-15(10-18(17)23)21-19(11-24-7-8-30-21)27-20(29)9-14-1-4-16(5-2-14)28-13-25-12-26-28/h1-6,10,12-13,19,21,24H,7-9,11H2,(H,27,29)/t19-,21+/m1/s1. The summed E-state index contributed by atoms with van der Waals surface area (Å²) in [5, 5.41) is 11.5. The van der Waals surface area contributed by atoms with Crippen molar-refractivity contribution in [3.63, 3.8) is 0 Å². The fourth-order valence-corrected chi connectivity index (χ4v) is 3.74. The second-order valence-electron chi connectivity index (χ2n) is 7.03. The van der Waals surface area contributed by atoms with Crippen molar-refractivity contribution in [3.8, 4) is 5.69 Å². The van der Waals surface area contributed by atoms with Crippen LogP contribution in [0, 0.1) is 0 Å². The van der Waals surface area contributed by atoms with Gasteiger partial charge in [-0.2, -0.15) is 5.10 Å². The molecule has 9 heteroatoms. The van der Waals surface area contributed by atoms with Crippen molar-refractivity contribution in [1.82, 2.24) is 25.4 Å². The topological polar surface area (TPSA) is 81.1 Å². The Morgan fingerprint density at radius 2 is 2.03 bits per heavy atom. The molecule has 0 unspecified atom stereocenters. The fraction of sp³-hybridized carbons (Fsp3) is 0.286. The first-order valence-electron chi connectivity index (χ1n) is 9.61. The molecule has 2 atom stereocenters. The molecule has 0 saturated carbocycles. The van der Waals surface area contributed by atoms with E-state index in [2.05, 4.69) is 20.7 Å². The van der Waals surface area contributed by atoms with Crippen molar-refractivity contribution in [2.75, 3.05) is 19.7 Å². The molecule has 30 heavy (non-hydrogen) atoms. The van der Waals surface area contributed by atoms with Gasteiger partial charge in [-0.1, -0.05) is 41.4 Å². The van der Waals surface area contributed by atoms with Crippen molar-refractivity contribution in [3.05, 3.63) is 76.3 Å². The van der Waals surface area contributed by atoms with Crippen LogP contribution in [0.25, 0.3) is 5.69 Å². The number of aromatic nitrogens is 3. The molecule has 4 rings (SSSR count). The predicted octanol–water partition coefficient (Wildman–Crippen LogP) is 2.96. The summed E-state index contributed by atoms with van der Waals surface area (Å²) in [5.74, 6) is -0.0779. The van der Waals surface area contributed by atoms with Crippen LogP contribution in [-0.4, -0.2) is 46.4 Å². The van der Waals surface area contributed by atoms with Crippen molar-refractivity contribution in [2.24, 2.45) is 0 Å². The van der Waals surface area contributed by atoms with E-state index in [0.717, 1.165) is 16.8 Å². The Hall–Kier alpha value is -2.45. The van der Waals surface area contributed by atoms with Crippen LogP contribution in [0.4, 0.5) is 0 Å². The zero-order valence-corrected chi connectivity index (χ0v) is 17.6. The maximum absolute atomic E-state index is 12.7. The Morgan fingerprint density at radius 1 is 1.20 bits per heavy atom. The molecule has 0 bridgehead atoms. The minimum atomic E-state index is -0.312. The van der Waals surface area contributed by atoms with Crippen molar-refractivity contribution < 1.29 is 9.53 Å². The number of hydrogen-bond donors (Lipinski definition) is 2. The Morgan fingerprint density at radius 3 is 2.77 bits per heavy atom. The van der Waals surface area contributed by atoms with Gasteiger partial charge in [0, 0.05) is 13.1 Å². The number of hydrogen-bond acceptors (Lipinski definition) is 5. The number of benzene rings is 2. The van der Waals surface area contributed by atoms with E-state index in [1.165, 1.54) is 6.33 Å². The van der Waals surface area contributed by atoms with E-state index in [-0.39, 0.29) is 24.5 Å². The lowest BCUT2D eigenvalue weighted by Gasteiger charge is -2.26. The minimum absolute atomic E-state index is 0.0779. The van der Waals surface area contributed by atoms with Gasteiger partial charge in [-0.25, -0.2) is 9.67 Å². The lowest BCUT2D eigenvalue weighted by Crippen LogP contribution is -2.45. The van der Waals surface area contributed by atoms with E-state index >= 15 is 0 Å². The average molecular weight is 446 g/mol. The highest BCUT2D eigenvalue weighted by Gasteiger charge is 2.28. The van der Waals surface area contributed by atoms with Crippen LogP contribution in [0.2, 0.25) is 10.0 Å². The molecular formula is C21H21Cl2N5O2. The quantitative estimate of drug-likeness (QED) is 0.630. The van der Waals surface area contributed by atoms with Gasteiger partial charge in [0.25, 0.3) is 0 Å². The second-order valence-corrected chi connectivity index (χ2v) is 7.84. The molecule has 2 heterocycles. The van der Waals surface area contributed by atoms with Gasteiger partial charge in [-0.15, -0.1) is 0 Å². The number of ether oxygens (including phenoxy) is 1. The summed E-state index contributed by atoms with van der Waals surface area (Å²) in [6.07, 6.45) is 3.06. The normalized spacial score (nSPS) is 19.3. The number of halogens is 2. The Labute approximate surface area is 184 Å². The third-order valence-corrected chi connectivity index (χ3v) is 5.65. The van der Waals surface area contributed by atoms with Crippen LogP contribution in [0.1, 0.15) is 17.2 Å². The maximum Gasteiger partial charge on any atom is 0.224 e. The summed E-state index contributed by atoms with van der Waals surface area (Å²) < 4.78 is 7.68. The summed E-state index contributed by atoms with van der Waals surface area (Å²) in [6.45, 7) is 1.86. The average Bonchev–Trinajstić information content (AvgIpc) is 3.18. The molecule has 1 aliphatic heterocycles. The molecule has 1 aromatic heterocycles. The summed E-state index contributed by atoms with van der Waals surface area (Å²) in [7, 11) is 0. The van der Waals surface area contributed by atoms with Gasteiger partial charge in [0.1, 0.15) is 18.8 Å². The second kappa shape index (κ2) is 9.57. The zero-order valence-electron chi connectivity index (χ0n) is 16.1. The molecule has 0 aliphatic carbocycles. The van der Waals surface area contributed by atoms with Crippen molar-refractivity contribution in [2.45, 2.75) is 18.6 Å². The van der Waals surface area contributed by atoms with E-state index in [1.807, 2.05) is 30.3 Å². The van der Waals surface area contributed by atoms with Crippen LogP contribution in [0.15, 0.2) is 55.1 Å². The van der Waals surface area contributed by atoms with E-state index in [9.17, 15) is 4.79 Å². The van der Waals surface area contributed by atoms with Gasteiger partial charge < -0.3 is 15.4 Å². The zero-order chi connectivity index (χ0) is 20.9. The number of amides is 1. The van der Waals surface area contributed by atoms with Gasteiger partial charge in [0.2, 0.25) is 5.91 Å². The fourth-order valence-electron chi connectivity index (χ4n) is 3.43. The summed E-state index contributed by atoms with van der Waals surface area (Å²) in [5.41, 5.74) is 2.68. The smallest absolute Gasteiger partial charge is 0.224 e. The molecular weight excluding hydrogens is 425 g/mol. The van der Waals surface area contributed by atoms with Crippen LogP contribution >= 0.6 is 23.2 Å². The first-order valence-corrected chi connectivity index (χ1v) is 10.4. The van der Waals surface area contributed by atoms with E-state index < -0.39 is 0 Å². The molecule has 1 fully saturated rings. The highest BCUT2D eigenvalue weighted by molar-refractivity contribution is 6.42. The van der Waals surface area contributed by atoms with Crippen molar-refractivity contribution in [1.29, 1.82) is 0 Å². The lowest BCUT2D eigenvalue weighted by atomic mass is 10.0. The van der Waals surface area contributed by atoms with E-state index in [4.69, 9.17) is 27.9 Å². The molecule has 0 spiro atoms.